The Kier molecular flexibility index (Phi) is 12.0. The second-order valence-corrected chi connectivity index (χ2v) is 13.4. The maximum absolute atomic E-state index is 6.61. The number of piperazine rings is 1. The van der Waals surface area contributed by atoms with Gasteiger partial charge in [0.05, 0.1) is 31.0 Å². The van der Waals surface area contributed by atoms with Gasteiger partial charge in [-0.3, -0.25) is 0 Å². The quantitative estimate of drug-likeness (QED) is 0.127. The number of ether oxygens (including phenoxy) is 5. The van der Waals surface area contributed by atoms with E-state index in [0.29, 0.717) is 47.0 Å². The van der Waals surface area contributed by atoms with Crippen LogP contribution in [0.15, 0.2) is 85.5 Å². The predicted octanol–water partition coefficient (Wildman–Crippen LogP) is 6.11. The molecule has 0 radical (unpaired) electrons. The van der Waals surface area contributed by atoms with Crippen LogP contribution in [0.1, 0.15) is 5.56 Å². The number of methoxy groups -OCH3 is 2. The van der Waals surface area contributed by atoms with Gasteiger partial charge in [0, 0.05) is 87.5 Å². The second kappa shape index (κ2) is 16.6. The number of benzene rings is 3. The van der Waals surface area contributed by atoms with E-state index in [4.69, 9.17) is 59.1 Å². The van der Waals surface area contributed by atoms with Gasteiger partial charge < -0.3 is 48.3 Å². The highest BCUT2D eigenvalue weighted by molar-refractivity contribution is 7.80. The molecule has 2 unspecified atom stereocenters. The third kappa shape index (κ3) is 8.81. The molecule has 4 aromatic rings. The van der Waals surface area contributed by atoms with Crippen molar-refractivity contribution in [3.63, 3.8) is 0 Å². The highest BCUT2D eigenvalue weighted by atomic mass is 35.5. The summed E-state index contributed by atoms with van der Waals surface area (Å²) in [5, 5.41) is 4.92. The van der Waals surface area contributed by atoms with E-state index in [9.17, 15) is 0 Å². The molecule has 14 heteroatoms. The fourth-order valence-corrected chi connectivity index (χ4v) is 6.81. The molecule has 1 aromatic heterocycles. The number of aromatic nitrogens is 2. The first-order chi connectivity index (χ1) is 24.2. The number of imidazole rings is 1. The van der Waals surface area contributed by atoms with Crippen molar-refractivity contribution in [3.05, 3.63) is 101 Å². The summed E-state index contributed by atoms with van der Waals surface area (Å²) < 4.78 is 31.4. The van der Waals surface area contributed by atoms with Crippen LogP contribution in [0.5, 0.6) is 5.75 Å². The molecule has 0 bridgehead atoms. The molecule has 266 valence electrons. The van der Waals surface area contributed by atoms with Crippen LogP contribution < -0.4 is 19.9 Å². The van der Waals surface area contributed by atoms with Crippen LogP contribution in [0.2, 0.25) is 10.0 Å². The fraction of sp³-hybridized carbons (Fsp3) is 0.389. The summed E-state index contributed by atoms with van der Waals surface area (Å²) in [4.78, 5) is 10.8. The van der Waals surface area contributed by atoms with Crippen molar-refractivity contribution in [2.45, 2.75) is 24.7 Å². The topological polar surface area (TPSA) is 85.7 Å². The lowest BCUT2D eigenvalue weighted by Gasteiger charge is -2.37. The molecule has 0 spiro atoms. The van der Waals surface area contributed by atoms with Gasteiger partial charge in [0.15, 0.2) is 11.4 Å². The summed E-state index contributed by atoms with van der Waals surface area (Å²) in [6.07, 6.45) is 4.65. The summed E-state index contributed by atoms with van der Waals surface area (Å²) in [6, 6.07) is 21.9. The first-order valence-corrected chi connectivity index (χ1v) is 17.6. The molecule has 2 saturated heterocycles. The van der Waals surface area contributed by atoms with Crippen LogP contribution in [-0.2, 0) is 31.3 Å². The number of halogens is 2. The Morgan fingerprint density at radius 1 is 1.00 bits per heavy atom. The van der Waals surface area contributed by atoms with Crippen LogP contribution in [0, 0.1) is 0 Å². The second-order valence-electron chi connectivity index (χ2n) is 12.2. The van der Waals surface area contributed by atoms with Crippen molar-refractivity contribution < 1.29 is 23.7 Å². The van der Waals surface area contributed by atoms with Crippen molar-refractivity contribution in [3.8, 4) is 5.75 Å². The van der Waals surface area contributed by atoms with Crippen molar-refractivity contribution in [2.24, 2.45) is 0 Å². The van der Waals surface area contributed by atoms with Crippen molar-refractivity contribution in [1.82, 2.24) is 14.5 Å². The summed E-state index contributed by atoms with van der Waals surface area (Å²) in [5.41, 5.74) is 3.99. The Labute approximate surface area is 308 Å². The van der Waals surface area contributed by atoms with Gasteiger partial charge >= 0.3 is 0 Å². The molecule has 3 aromatic carbocycles. The highest BCUT2D eigenvalue weighted by Crippen LogP contribution is 2.40. The zero-order chi connectivity index (χ0) is 35.1. The van der Waals surface area contributed by atoms with Gasteiger partial charge in [0.1, 0.15) is 18.5 Å². The highest BCUT2D eigenvalue weighted by Gasteiger charge is 2.45. The predicted molar refractivity (Wildman–Crippen MR) is 201 cm³/mol. The van der Waals surface area contributed by atoms with E-state index < -0.39 is 5.79 Å². The number of nitrogens with one attached hydrogen (secondary N) is 1. The van der Waals surface area contributed by atoms with E-state index in [-0.39, 0.29) is 12.4 Å². The number of hydrogen-bond acceptors (Lipinski definition) is 9. The van der Waals surface area contributed by atoms with E-state index >= 15 is 0 Å². The number of hydrogen-bond donors (Lipinski definition) is 1. The Balaban J connectivity index is 0.978. The molecule has 50 heavy (non-hydrogen) atoms. The molecular weight excluding hydrogens is 699 g/mol. The minimum atomic E-state index is -1.09. The molecule has 11 nitrogen and oxygen atoms in total. The van der Waals surface area contributed by atoms with Gasteiger partial charge in [-0.1, -0.05) is 29.3 Å². The average molecular weight is 742 g/mol. The van der Waals surface area contributed by atoms with Crippen molar-refractivity contribution in [1.29, 1.82) is 0 Å². The zero-order valence-corrected chi connectivity index (χ0v) is 30.7. The van der Waals surface area contributed by atoms with Crippen LogP contribution in [0.3, 0.4) is 0 Å². The molecule has 0 amide bonds. The fourth-order valence-electron chi connectivity index (χ4n) is 6.07. The summed E-state index contributed by atoms with van der Waals surface area (Å²) in [7, 11) is 5.14. The maximum atomic E-state index is 6.61. The largest absolute Gasteiger partial charge is 0.491 e. The standard InChI is InChI=1S/C36H42Cl2N6O5S/c1-41(21-34(45-2)46-3)35(50)40-27-5-7-28(8-6-27)43-16-18-44(19-17-43)29-9-11-30(12-10-29)47-22-31-23-48-36(49-31,24-42-15-14-39-25-42)32-13-4-26(37)20-33(32)38/h4-15,20,25,31,34H,16-19,21-24H2,1-3H3,(H,40,50). The Morgan fingerprint density at radius 2 is 1.66 bits per heavy atom. The Morgan fingerprint density at radius 3 is 2.26 bits per heavy atom. The van der Waals surface area contributed by atoms with E-state index in [0.717, 1.165) is 43.3 Å². The Hall–Kier alpha value is -3.62. The third-order valence-electron chi connectivity index (χ3n) is 8.85. The zero-order valence-electron chi connectivity index (χ0n) is 28.3. The lowest BCUT2D eigenvalue weighted by Crippen LogP contribution is -2.46. The van der Waals surface area contributed by atoms with Gasteiger partial charge in [-0.05, 0) is 72.9 Å². The van der Waals surface area contributed by atoms with Gasteiger partial charge in [-0.15, -0.1) is 0 Å². The summed E-state index contributed by atoms with van der Waals surface area (Å²) in [6.45, 7) is 5.24. The van der Waals surface area contributed by atoms with E-state index in [1.54, 1.807) is 38.9 Å². The number of anilines is 3. The smallest absolute Gasteiger partial charge is 0.215 e. The first kappa shape index (κ1) is 36.2. The lowest BCUT2D eigenvalue weighted by atomic mass is 10.1. The third-order valence-corrected chi connectivity index (χ3v) is 9.81. The molecule has 2 aliphatic heterocycles. The van der Waals surface area contributed by atoms with E-state index in [1.807, 2.05) is 40.9 Å². The van der Waals surface area contributed by atoms with Crippen molar-refractivity contribution >= 4 is 57.6 Å². The number of nitrogens with zero attached hydrogens (tertiary/aromatic N) is 5. The number of rotatable bonds is 13. The van der Waals surface area contributed by atoms with E-state index in [1.165, 1.54) is 5.69 Å². The van der Waals surface area contributed by atoms with Crippen LogP contribution >= 0.6 is 35.4 Å². The van der Waals surface area contributed by atoms with Gasteiger partial charge in [-0.2, -0.15) is 0 Å². The maximum Gasteiger partial charge on any atom is 0.215 e. The van der Waals surface area contributed by atoms with Crippen molar-refractivity contribution in [2.75, 3.05) is 82.3 Å². The first-order valence-electron chi connectivity index (χ1n) is 16.4. The molecule has 0 saturated carbocycles. The SMILES string of the molecule is COC(CN(C)C(=S)Nc1ccc(N2CCN(c3ccc(OCC4COC(Cn5ccnc5)(c5ccc(Cl)cc5Cl)O4)cc3)CC2)cc1)OC. The molecule has 2 atom stereocenters. The molecule has 6 rings (SSSR count). The minimum absolute atomic E-state index is 0.301. The van der Waals surface area contributed by atoms with Gasteiger partial charge in [0.25, 0.3) is 0 Å². The van der Waals surface area contributed by atoms with Gasteiger partial charge in [-0.25, -0.2) is 4.98 Å². The van der Waals surface area contributed by atoms with E-state index in [2.05, 4.69) is 56.5 Å². The molecule has 3 heterocycles. The van der Waals surface area contributed by atoms with Crippen LogP contribution in [-0.4, -0.2) is 99.2 Å². The average Bonchev–Trinajstić information content (AvgIpc) is 3.80. The molecule has 2 aliphatic rings. The normalized spacial score (nSPS) is 19.2. The summed E-state index contributed by atoms with van der Waals surface area (Å²) in [5.74, 6) is -0.325. The molecule has 1 N–H and O–H groups in total. The number of likely N-dealkylation sites (N-methyl/N-ethyl adjacent to an activating group) is 1. The van der Waals surface area contributed by atoms with Crippen LogP contribution in [0.4, 0.5) is 17.1 Å². The van der Waals surface area contributed by atoms with Gasteiger partial charge in [0.2, 0.25) is 5.79 Å². The lowest BCUT2D eigenvalue weighted by molar-refractivity contribution is -0.189. The van der Waals surface area contributed by atoms with Crippen LogP contribution in [0.25, 0.3) is 0 Å². The molecule has 2 fully saturated rings. The summed E-state index contributed by atoms with van der Waals surface area (Å²) >= 11 is 18.3. The minimum Gasteiger partial charge on any atom is -0.491 e. The monoisotopic (exact) mass is 740 g/mol. The molecule has 0 aliphatic carbocycles. The number of thiocarbonyl (C=S) groups is 1. The Bertz CT molecular complexity index is 1690. The molecular formula is C36H42Cl2N6O5S.